The smallest absolute Gasteiger partial charge is 0.357 e. The number of hydrogen-bond acceptors (Lipinski definition) is 9. The van der Waals surface area contributed by atoms with Gasteiger partial charge in [-0.2, -0.15) is 0 Å². The summed E-state index contributed by atoms with van der Waals surface area (Å²) in [7, 11) is 0. The Kier molecular flexibility index (Phi) is 8.71. The second kappa shape index (κ2) is 12.1. The van der Waals surface area contributed by atoms with Crippen molar-refractivity contribution in [1.29, 1.82) is 0 Å². The first-order valence-electron chi connectivity index (χ1n) is 11.4. The van der Waals surface area contributed by atoms with Gasteiger partial charge in [-0.15, -0.1) is 0 Å². The lowest BCUT2D eigenvalue weighted by atomic mass is 10.1. The maximum absolute atomic E-state index is 12.5. The standard InChI is InChI=1S/C24H24N6O8/c1-3-28(4-2)17-10-8-15(9-11-19-22(30(36)37)23(32)27-24(33)26-19)20(13-17)38-14-21(31)25-16-6-5-7-18(12-16)29(34)35/h5-13H,3-4,14H2,1-2H3,(H,25,31)(H2,26,27,32,33)/b11-9-. The molecule has 0 aliphatic rings. The van der Waals surface area contributed by atoms with Crippen molar-refractivity contribution in [2.75, 3.05) is 29.9 Å². The average molecular weight is 524 g/mol. The minimum atomic E-state index is -1.15. The van der Waals surface area contributed by atoms with Crippen molar-refractivity contribution in [3.63, 3.8) is 0 Å². The number of carbonyl (C=O) groups excluding carboxylic acids is 1. The number of non-ortho nitro benzene ring substituents is 1. The molecule has 0 saturated heterocycles. The molecule has 14 nitrogen and oxygen atoms in total. The lowest BCUT2D eigenvalue weighted by Gasteiger charge is -2.22. The van der Waals surface area contributed by atoms with Crippen LogP contribution in [0.2, 0.25) is 0 Å². The van der Waals surface area contributed by atoms with Crippen LogP contribution in [-0.4, -0.2) is 45.4 Å². The highest BCUT2D eigenvalue weighted by Gasteiger charge is 2.19. The Bertz CT molecular complexity index is 1510. The topological polar surface area (TPSA) is 194 Å². The van der Waals surface area contributed by atoms with Crippen LogP contribution in [0.3, 0.4) is 0 Å². The van der Waals surface area contributed by atoms with Crippen LogP contribution in [0.4, 0.5) is 22.7 Å². The highest BCUT2D eigenvalue weighted by Crippen LogP contribution is 2.28. The molecule has 1 heterocycles. The Labute approximate surface area is 214 Å². The third-order valence-corrected chi connectivity index (χ3v) is 5.38. The molecule has 0 fully saturated rings. The Balaban J connectivity index is 1.90. The Morgan fingerprint density at radius 3 is 2.42 bits per heavy atom. The fourth-order valence-electron chi connectivity index (χ4n) is 3.58. The number of anilines is 2. The first-order valence-corrected chi connectivity index (χ1v) is 11.4. The summed E-state index contributed by atoms with van der Waals surface area (Å²) >= 11 is 0. The normalized spacial score (nSPS) is 10.8. The van der Waals surface area contributed by atoms with Gasteiger partial charge in [-0.05, 0) is 44.2 Å². The molecule has 0 aliphatic heterocycles. The number of hydrogen-bond donors (Lipinski definition) is 3. The van der Waals surface area contributed by atoms with Crippen LogP contribution in [0.5, 0.6) is 5.75 Å². The van der Waals surface area contributed by atoms with E-state index in [0.29, 0.717) is 18.7 Å². The van der Waals surface area contributed by atoms with E-state index in [1.165, 1.54) is 36.4 Å². The van der Waals surface area contributed by atoms with Crippen molar-refractivity contribution in [3.8, 4) is 5.75 Å². The molecule has 38 heavy (non-hydrogen) atoms. The van der Waals surface area contributed by atoms with Crippen LogP contribution >= 0.6 is 0 Å². The second-order valence-electron chi connectivity index (χ2n) is 7.80. The first-order chi connectivity index (χ1) is 18.1. The van der Waals surface area contributed by atoms with E-state index in [0.717, 1.165) is 5.69 Å². The van der Waals surface area contributed by atoms with Crippen molar-refractivity contribution in [1.82, 2.24) is 9.97 Å². The molecule has 3 N–H and O–H groups in total. The van der Waals surface area contributed by atoms with Gasteiger partial charge in [0.1, 0.15) is 11.4 Å². The number of ether oxygens (including phenoxy) is 1. The van der Waals surface area contributed by atoms with Crippen LogP contribution in [0, 0.1) is 20.2 Å². The highest BCUT2D eigenvalue weighted by atomic mass is 16.6. The molecule has 2 aromatic carbocycles. The van der Waals surface area contributed by atoms with E-state index in [4.69, 9.17) is 4.74 Å². The summed E-state index contributed by atoms with van der Waals surface area (Å²) in [5.41, 5.74) is -1.98. The van der Waals surface area contributed by atoms with Crippen LogP contribution in [0.1, 0.15) is 25.1 Å². The van der Waals surface area contributed by atoms with Crippen LogP contribution < -0.4 is 26.2 Å². The van der Waals surface area contributed by atoms with E-state index in [1.54, 1.807) is 18.2 Å². The summed E-state index contributed by atoms with van der Waals surface area (Å²) in [5.74, 6) is -0.335. The molecule has 0 spiro atoms. The number of nitro benzene ring substituents is 1. The maximum atomic E-state index is 12.5. The molecule has 0 unspecified atom stereocenters. The molecule has 14 heteroatoms. The zero-order chi connectivity index (χ0) is 27.8. The summed E-state index contributed by atoms with van der Waals surface area (Å²) in [6.45, 7) is 4.87. The van der Waals surface area contributed by atoms with Gasteiger partial charge < -0.3 is 19.9 Å². The molecule has 198 valence electrons. The number of carbonyl (C=O) groups is 1. The van der Waals surface area contributed by atoms with Crippen molar-refractivity contribution in [2.45, 2.75) is 13.8 Å². The number of benzene rings is 2. The maximum Gasteiger partial charge on any atom is 0.357 e. The minimum Gasteiger partial charge on any atom is -0.483 e. The molecule has 1 aromatic heterocycles. The average Bonchev–Trinajstić information content (AvgIpc) is 2.87. The summed E-state index contributed by atoms with van der Waals surface area (Å²) < 4.78 is 5.74. The molecular weight excluding hydrogens is 500 g/mol. The van der Waals surface area contributed by atoms with Gasteiger partial charge in [0.2, 0.25) is 0 Å². The van der Waals surface area contributed by atoms with Gasteiger partial charge in [0, 0.05) is 48.2 Å². The quantitative estimate of drug-likeness (QED) is 0.250. The van der Waals surface area contributed by atoms with Crippen LogP contribution in [0.25, 0.3) is 12.2 Å². The Morgan fingerprint density at radius 1 is 1.03 bits per heavy atom. The summed E-state index contributed by atoms with van der Waals surface area (Å²) in [6, 6.07) is 10.6. The Hall–Kier alpha value is -5.27. The highest BCUT2D eigenvalue weighted by molar-refractivity contribution is 5.92. The van der Waals surface area contributed by atoms with Gasteiger partial charge >= 0.3 is 16.9 Å². The second-order valence-corrected chi connectivity index (χ2v) is 7.80. The largest absolute Gasteiger partial charge is 0.483 e. The number of rotatable bonds is 11. The summed E-state index contributed by atoms with van der Waals surface area (Å²) in [4.78, 5) is 62.9. The lowest BCUT2D eigenvalue weighted by molar-refractivity contribution is -0.386. The van der Waals surface area contributed by atoms with E-state index in [-0.39, 0.29) is 22.8 Å². The zero-order valence-electron chi connectivity index (χ0n) is 20.4. The molecule has 3 rings (SSSR count). The summed E-state index contributed by atoms with van der Waals surface area (Å²) in [5, 5.41) is 24.8. The van der Waals surface area contributed by atoms with E-state index in [9.17, 15) is 34.6 Å². The molecule has 3 aromatic rings. The van der Waals surface area contributed by atoms with Gasteiger partial charge in [0.05, 0.1) is 9.85 Å². The minimum absolute atomic E-state index is 0.185. The van der Waals surface area contributed by atoms with E-state index < -0.39 is 39.3 Å². The molecule has 1 amide bonds. The fourth-order valence-corrected chi connectivity index (χ4v) is 3.58. The zero-order valence-corrected chi connectivity index (χ0v) is 20.4. The van der Waals surface area contributed by atoms with Gasteiger partial charge in [0.25, 0.3) is 11.6 Å². The van der Waals surface area contributed by atoms with Crippen molar-refractivity contribution in [3.05, 3.63) is 94.8 Å². The third-order valence-electron chi connectivity index (χ3n) is 5.38. The predicted octanol–water partition coefficient (Wildman–Crippen LogP) is 2.91. The Morgan fingerprint density at radius 2 is 1.76 bits per heavy atom. The number of amides is 1. The summed E-state index contributed by atoms with van der Waals surface area (Å²) in [6.07, 6.45) is 2.59. The van der Waals surface area contributed by atoms with Gasteiger partial charge in [-0.1, -0.05) is 6.07 Å². The van der Waals surface area contributed by atoms with Crippen molar-refractivity contribution < 1.29 is 19.4 Å². The first kappa shape index (κ1) is 27.3. The molecule has 0 radical (unpaired) electrons. The molecule has 0 saturated carbocycles. The number of aromatic amines is 2. The molecule has 0 aliphatic carbocycles. The van der Waals surface area contributed by atoms with Gasteiger partial charge in [-0.3, -0.25) is 34.8 Å². The number of nitro groups is 2. The van der Waals surface area contributed by atoms with E-state index in [2.05, 4.69) is 10.3 Å². The van der Waals surface area contributed by atoms with Crippen molar-refractivity contribution in [2.24, 2.45) is 0 Å². The monoisotopic (exact) mass is 524 g/mol. The number of nitrogens with one attached hydrogen (secondary N) is 3. The van der Waals surface area contributed by atoms with E-state index in [1.807, 2.05) is 23.7 Å². The van der Waals surface area contributed by atoms with Gasteiger partial charge in [-0.25, -0.2) is 4.79 Å². The fraction of sp³-hybridized carbons (Fsp3) is 0.208. The van der Waals surface area contributed by atoms with E-state index >= 15 is 0 Å². The molecule has 0 bridgehead atoms. The third kappa shape index (κ3) is 6.69. The molecule has 0 atom stereocenters. The lowest BCUT2D eigenvalue weighted by Crippen LogP contribution is -2.25. The van der Waals surface area contributed by atoms with Crippen LogP contribution in [0.15, 0.2) is 52.1 Å². The van der Waals surface area contributed by atoms with Crippen molar-refractivity contribution >= 4 is 40.8 Å². The SMILES string of the molecule is CCN(CC)c1ccc(/C=C\c2[nH]c(=O)[nH]c(=O)c2[N+](=O)[O-])c(OCC(=O)Nc2cccc([N+](=O)[O-])c2)c1. The number of nitrogens with zero attached hydrogens (tertiary/aromatic N) is 3. The molecular formula is C24H24N6O8. The predicted molar refractivity (Wildman–Crippen MR) is 140 cm³/mol. The number of aromatic nitrogens is 2. The number of H-pyrrole nitrogens is 2. The van der Waals surface area contributed by atoms with Crippen LogP contribution in [-0.2, 0) is 4.79 Å². The van der Waals surface area contributed by atoms with Gasteiger partial charge in [0.15, 0.2) is 6.61 Å².